The van der Waals surface area contributed by atoms with Crippen LogP contribution in [0.4, 0.5) is 0 Å². The highest BCUT2D eigenvalue weighted by molar-refractivity contribution is 6.02. The molecule has 2 aromatic heterocycles. The summed E-state index contributed by atoms with van der Waals surface area (Å²) < 4.78 is 5.40. The van der Waals surface area contributed by atoms with Crippen LogP contribution in [0.25, 0.3) is 32.9 Å². The zero-order valence-corrected chi connectivity index (χ0v) is 13.3. The number of methoxy groups -OCH3 is 1. The second-order valence-electron chi connectivity index (χ2n) is 5.45. The van der Waals surface area contributed by atoms with E-state index in [-0.39, 0.29) is 5.69 Å². The maximum Gasteiger partial charge on any atom is 0.285 e. The third-order valence-electron chi connectivity index (χ3n) is 4.05. The highest BCUT2D eigenvalue weighted by atomic mass is 16.5. The minimum absolute atomic E-state index is 0.120. The number of hydrazine groups is 1. The maximum absolute atomic E-state index is 11.7. The summed E-state index contributed by atoms with van der Waals surface area (Å²) in [6, 6.07) is 11.3. The molecule has 0 fully saturated rings. The molecule has 8 nitrogen and oxygen atoms in total. The summed E-state index contributed by atoms with van der Waals surface area (Å²) in [6.45, 7) is 0. The molecule has 4 rings (SSSR count). The minimum Gasteiger partial charge on any atom is -0.496 e. The van der Waals surface area contributed by atoms with E-state index in [4.69, 9.17) is 10.6 Å². The molecule has 4 N–H and O–H groups in total. The van der Waals surface area contributed by atoms with Crippen LogP contribution < -0.4 is 16.0 Å². The molecule has 0 bridgehead atoms. The van der Waals surface area contributed by atoms with E-state index in [0.29, 0.717) is 16.7 Å². The molecule has 124 valence electrons. The van der Waals surface area contributed by atoms with Gasteiger partial charge in [-0.05, 0) is 29.8 Å². The van der Waals surface area contributed by atoms with E-state index in [1.165, 1.54) is 0 Å². The van der Waals surface area contributed by atoms with Gasteiger partial charge >= 0.3 is 0 Å². The van der Waals surface area contributed by atoms with Crippen molar-refractivity contribution in [2.45, 2.75) is 0 Å². The lowest BCUT2D eigenvalue weighted by atomic mass is 10.0. The third-order valence-corrected chi connectivity index (χ3v) is 4.05. The molecule has 0 radical (unpaired) electrons. The lowest BCUT2D eigenvalue weighted by molar-refractivity contribution is 0.0948. The van der Waals surface area contributed by atoms with Gasteiger partial charge in [-0.3, -0.25) is 15.3 Å². The Balaban J connectivity index is 1.96. The molecule has 2 heterocycles. The van der Waals surface area contributed by atoms with Gasteiger partial charge in [0.2, 0.25) is 0 Å². The number of nitrogen functional groups attached to an aromatic ring is 1. The van der Waals surface area contributed by atoms with E-state index < -0.39 is 5.91 Å². The maximum atomic E-state index is 11.7. The summed E-state index contributed by atoms with van der Waals surface area (Å²) in [7, 11) is 1.56. The van der Waals surface area contributed by atoms with E-state index in [9.17, 15) is 4.79 Å². The smallest absolute Gasteiger partial charge is 0.285 e. The van der Waals surface area contributed by atoms with Crippen LogP contribution >= 0.6 is 0 Å². The average molecular weight is 334 g/mol. The van der Waals surface area contributed by atoms with Crippen molar-refractivity contribution in [2.75, 3.05) is 7.11 Å². The molecule has 4 aromatic rings. The second kappa shape index (κ2) is 5.84. The quantitative estimate of drug-likeness (QED) is 0.298. The number of hydrogen-bond donors (Lipinski definition) is 3. The normalized spacial score (nSPS) is 11.0. The van der Waals surface area contributed by atoms with Gasteiger partial charge in [0.25, 0.3) is 5.91 Å². The van der Waals surface area contributed by atoms with Crippen molar-refractivity contribution in [3.63, 3.8) is 0 Å². The lowest BCUT2D eigenvalue weighted by Gasteiger charge is -2.10. The summed E-state index contributed by atoms with van der Waals surface area (Å²) in [5.41, 5.74) is 5.56. The number of nitrogens with zero attached hydrogens (tertiary/aromatic N) is 3. The van der Waals surface area contributed by atoms with Crippen molar-refractivity contribution < 1.29 is 9.53 Å². The summed E-state index contributed by atoms with van der Waals surface area (Å²) >= 11 is 0. The summed E-state index contributed by atoms with van der Waals surface area (Å²) in [6.07, 6.45) is 1.77. The number of nitrogens with two attached hydrogens (primary N) is 1. The Kier molecular flexibility index (Phi) is 3.51. The van der Waals surface area contributed by atoms with Crippen LogP contribution in [0, 0.1) is 0 Å². The first kappa shape index (κ1) is 15.0. The third kappa shape index (κ3) is 2.45. The van der Waals surface area contributed by atoms with Gasteiger partial charge in [-0.15, -0.1) is 10.2 Å². The fourth-order valence-corrected chi connectivity index (χ4v) is 2.81. The van der Waals surface area contributed by atoms with Crippen molar-refractivity contribution in [2.24, 2.45) is 5.84 Å². The Hall–Kier alpha value is -3.52. The SMILES string of the molecule is COc1ccc(-c2ccc3cn[nH]c3c2)c2nnc(C(=O)NN)cc12. The van der Waals surface area contributed by atoms with Crippen molar-refractivity contribution in [1.82, 2.24) is 25.8 Å². The van der Waals surface area contributed by atoms with Crippen LogP contribution in [-0.2, 0) is 0 Å². The molecule has 0 aliphatic rings. The van der Waals surface area contributed by atoms with Gasteiger partial charge < -0.3 is 4.74 Å². The number of aromatic nitrogens is 4. The number of ether oxygens (including phenoxy) is 1. The van der Waals surface area contributed by atoms with Gasteiger partial charge in [0.15, 0.2) is 5.69 Å². The minimum atomic E-state index is -0.513. The first-order valence-corrected chi connectivity index (χ1v) is 7.50. The Morgan fingerprint density at radius 2 is 2.08 bits per heavy atom. The van der Waals surface area contributed by atoms with Crippen LogP contribution in [0.1, 0.15) is 10.5 Å². The molecule has 25 heavy (non-hydrogen) atoms. The van der Waals surface area contributed by atoms with E-state index in [0.717, 1.165) is 22.0 Å². The van der Waals surface area contributed by atoms with Crippen LogP contribution in [0.3, 0.4) is 0 Å². The molecule has 0 aliphatic heterocycles. The largest absolute Gasteiger partial charge is 0.496 e. The molecular formula is C17H14N6O2. The Morgan fingerprint density at radius 1 is 1.20 bits per heavy atom. The van der Waals surface area contributed by atoms with Gasteiger partial charge in [-0.2, -0.15) is 5.10 Å². The highest BCUT2D eigenvalue weighted by Gasteiger charge is 2.15. The molecular weight excluding hydrogens is 320 g/mol. The predicted octanol–water partition coefficient (Wildman–Crippen LogP) is 1.79. The molecule has 0 aliphatic carbocycles. The van der Waals surface area contributed by atoms with Gasteiger partial charge in [0.05, 0.1) is 18.8 Å². The Bertz CT molecular complexity index is 1100. The van der Waals surface area contributed by atoms with Gasteiger partial charge in [-0.25, -0.2) is 5.84 Å². The number of H-pyrrole nitrogens is 1. The Labute approximate surface area is 142 Å². The number of aromatic amines is 1. The van der Waals surface area contributed by atoms with Crippen LogP contribution in [0.5, 0.6) is 5.75 Å². The van der Waals surface area contributed by atoms with Crippen molar-refractivity contribution in [3.8, 4) is 16.9 Å². The number of rotatable bonds is 3. The summed E-state index contributed by atoms with van der Waals surface area (Å²) in [5, 5.41) is 16.9. The topological polar surface area (TPSA) is 119 Å². The first-order valence-electron chi connectivity index (χ1n) is 7.50. The van der Waals surface area contributed by atoms with E-state index in [1.807, 2.05) is 30.3 Å². The molecule has 8 heteroatoms. The highest BCUT2D eigenvalue weighted by Crippen LogP contribution is 2.34. The average Bonchev–Trinajstić information content (AvgIpc) is 3.13. The lowest BCUT2D eigenvalue weighted by Crippen LogP contribution is -2.30. The zero-order valence-electron chi connectivity index (χ0n) is 13.3. The molecule has 0 atom stereocenters. The standard InChI is InChI=1S/C17H14N6O2/c1-25-15-5-4-11(9-2-3-10-8-19-21-13(10)6-9)16-12(15)7-14(22-23-16)17(24)20-18/h2-8H,18H2,1H3,(H,19,21)(H,20,24). The van der Waals surface area contributed by atoms with Crippen molar-refractivity contribution >= 4 is 27.7 Å². The van der Waals surface area contributed by atoms with E-state index in [1.54, 1.807) is 19.4 Å². The van der Waals surface area contributed by atoms with E-state index in [2.05, 4.69) is 25.8 Å². The van der Waals surface area contributed by atoms with E-state index >= 15 is 0 Å². The number of nitrogens with one attached hydrogen (secondary N) is 2. The molecule has 0 spiro atoms. The molecule has 0 unspecified atom stereocenters. The predicted molar refractivity (Wildman–Crippen MR) is 92.8 cm³/mol. The number of fused-ring (bicyclic) bond motifs is 2. The van der Waals surface area contributed by atoms with Gasteiger partial charge in [0, 0.05) is 16.3 Å². The summed E-state index contributed by atoms with van der Waals surface area (Å²) in [5.74, 6) is 5.26. The van der Waals surface area contributed by atoms with Crippen LogP contribution in [0.2, 0.25) is 0 Å². The monoisotopic (exact) mass is 334 g/mol. The molecule has 1 amide bonds. The van der Waals surface area contributed by atoms with Gasteiger partial charge in [-0.1, -0.05) is 12.1 Å². The molecule has 2 aromatic carbocycles. The number of benzene rings is 2. The number of carbonyl (C=O) groups excluding carboxylic acids is 1. The fourth-order valence-electron chi connectivity index (χ4n) is 2.81. The Morgan fingerprint density at radius 3 is 2.88 bits per heavy atom. The van der Waals surface area contributed by atoms with Gasteiger partial charge in [0.1, 0.15) is 11.3 Å². The number of hydrogen-bond acceptors (Lipinski definition) is 6. The first-order chi connectivity index (χ1) is 12.2. The van der Waals surface area contributed by atoms with Crippen LogP contribution in [-0.4, -0.2) is 33.4 Å². The van der Waals surface area contributed by atoms with Crippen molar-refractivity contribution in [3.05, 3.63) is 48.3 Å². The summed E-state index contributed by atoms with van der Waals surface area (Å²) in [4.78, 5) is 11.7. The zero-order chi connectivity index (χ0) is 17.4. The molecule has 0 saturated carbocycles. The fraction of sp³-hybridized carbons (Fsp3) is 0.0588. The molecule has 0 saturated heterocycles. The van der Waals surface area contributed by atoms with Crippen LogP contribution in [0.15, 0.2) is 42.6 Å². The number of amides is 1. The second-order valence-corrected chi connectivity index (χ2v) is 5.45. The van der Waals surface area contributed by atoms with Crippen molar-refractivity contribution in [1.29, 1.82) is 0 Å². The number of carbonyl (C=O) groups is 1.